The fraction of sp³-hybridized carbons (Fsp3) is 0.455. The standard InChI is InChI=1S/C22H27Cl2N5O2.ClH/c1-13-10-19(26-7-6-25-15-4-8-31-9-5-15)29-22(27-13)20(14(2)28-29)21-17(23)11-16(30-3)12-18(21)24;/h10-12,15,25-26H,4-9H2,1-3H3;1H. The second kappa shape index (κ2) is 10.9. The molecule has 0 amide bonds. The zero-order valence-corrected chi connectivity index (χ0v) is 20.7. The van der Waals surface area contributed by atoms with E-state index in [0.29, 0.717) is 33.0 Å². The van der Waals surface area contributed by atoms with Crippen molar-refractivity contribution in [2.24, 2.45) is 0 Å². The molecule has 10 heteroatoms. The molecule has 3 heterocycles. The molecule has 7 nitrogen and oxygen atoms in total. The lowest BCUT2D eigenvalue weighted by Gasteiger charge is -2.23. The summed E-state index contributed by atoms with van der Waals surface area (Å²) in [6.45, 7) is 7.20. The Morgan fingerprint density at radius 1 is 1.09 bits per heavy atom. The van der Waals surface area contributed by atoms with Gasteiger partial charge in [0, 0.05) is 49.7 Å². The summed E-state index contributed by atoms with van der Waals surface area (Å²) in [5, 5.41) is 12.8. The molecule has 0 unspecified atom stereocenters. The lowest BCUT2D eigenvalue weighted by atomic mass is 10.1. The van der Waals surface area contributed by atoms with Crippen LogP contribution in [0.1, 0.15) is 24.2 Å². The highest BCUT2D eigenvalue weighted by Gasteiger charge is 2.21. The predicted octanol–water partition coefficient (Wildman–Crippen LogP) is 4.93. The molecule has 32 heavy (non-hydrogen) atoms. The zero-order chi connectivity index (χ0) is 22.0. The van der Waals surface area contributed by atoms with E-state index in [-0.39, 0.29) is 12.4 Å². The second-order valence-electron chi connectivity index (χ2n) is 7.71. The summed E-state index contributed by atoms with van der Waals surface area (Å²) in [6, 6.07) is 6.02. The van der Waals surface area contributed by atoms with Gasteiger partial charge in [-0.15, -0.1) is 12.4 Å². The van der Waals surface area contributed by atoms with E-state index in [2.05, 4.69) is 10.6 Å². The molecular weight excluding hydrogens is 473 g/mol. The molecule has 2 N–H and O–H groups in total. The first-order valence-electron chi connectivity index (χ1n) is 10.4. The first-order valence-corrected chi connectivity index (χ1v) is 11.2. The summed E-state index contributed by atoms with van der Waals surface area (Å²) in [6.07, 6.45) is 2.12. The number of nitrogens with one attached hydrogen (secondary N) is 2. The van der Waals surface area contributed by atoms with Crippen molar-refractivity contribution < 1.29 is 9.47 Å². The van der Waals surface area contributed by atoms with Gasteiger partial charge in [-0.05, 0) is 38.8 Å². The van der Waals surface area contributed by atoms with Crippen LogP contribution in [0.5, 0.6) is 5.75 Å². The molecule has 1 aromatic carbocycles. The average Bonchev–Trinajstić information content (AvgIpc) is 3.07. The predicted molar refractivity (Wildman–Crippen MR) is 132 cm³/mol. The molecule has 2 aromatic heterocycles. The van der Waals surface area contributed by atoms with Gasteiger partial charge in [0.2, 0.25) is 0 Å². The number of hydrogen-bond acceptors (Lipinski definition) is 6. The zero-order valence-electron chi connectivity index (χ0n) is 18.4. The maximum atomic E-state index is 6.57. The van der Waals surface area contributed by atoms with E-state index in [0.717, 1.165) is 61.9 Å². The van der Waals surface area contributed by atoms with Crippen LogP contribution < -0.4 is 15.4 Å². The van der Waals surface area contributed by atoms with E-state index in [4.69, 9.17) is 42.8 Å². The van der Waals surface area contributed by atoms with Gasteiger partial charge >= 0.3 is 0 Å². The quantitative estimate of drug-likeness (QED) is 0.448. The first kappa shape index (κ1) is 24.9. The van der Waals surface area contributed by atoms with Gasteiger partial charge in [0.25, 0.3) is 0 Å². The molecule has 0 saturated carbocycles. The number of hydrogen-bond donors (Lipinski definition) is 2. The van der Waals surface area contributed by atoms with Gasteiger partial charge in [-0.1, -0.05) is 23.2 Å². The minimum absolute atomic E-state index is 0. The van der Waals surface area contributed by atoms with Crippen LogP contribution in [0.2, 0.25) is 10.0 Å². The Hall–Kier alpha value is -1.77. The van der Waals surface area contributed by atoms with E-state index < -0.39 is 0 Å². The van der Waals surface area contributed by atoms with Crippen molar-refractivity contribution in [3.63, 3.8) is 0 Å². The van der Waals surface area contributed by atoms with Crippen molar-refractivity contribution >= 4 is 47.1 Å². The number of aryl methyl sites for hydroxylation is 2. The highest BCUT2D eigenvalue weighted by Crippen LogP contribution is 2.41. The molecule has 0 aliphatic carbocycles. The highest BCUT2D eigenvalue weighted by molar-refractivity contribution is 6.39. The molecule has 174 valence electrons. The Kier molecular flexibility index (Phi) is 8.47. The van der Waals surface area contributed by atoms with E-state index >= 15 is 0 Å². The van der Waals surface area contributed by atoms with Crippen molar-refractivity contribution in [2.75, 3.05) is 38.7 Å². The number of fused-ring (bicyclic) bond motifs is 1. The third kappa shape index (κ3) is 5.24. The summed E-state index contributed by atoms with van der Waals surface area (Å²) >= 11 is 13.1. The van der Waals surface area contributed by atoms with E-state index in [9.17, 15) is 0 Å². The summed E-state index contributed by atoms with van der Waals surface area (Å²) in [4.78, 5) is 4.74. The molecule has 3 aromatic rings. The van der Waals surface area contributed by atoms with Crippen LogP contribution in [0, 0.1) is 13.8 Å². The lowest BCUT2D eigenvalue weighted by Crippen LogP contribution is -2.37. The lowest BCUT2D eigenvalue weighted by molar-refractivity contribution is 0.0784. The summed E-state index contributed by atoms with van der Waals surface area (Å²) in [7, 11) is 1.59. The Morgan fingerprint density at radius 2 is 1.78 bits per heavy atom. The summed E-state index contributed by atoms with van der Waals surface area (Å²) in [5.74, 6) is 1.49. The monoisotopic (exact) mass is 499 g/mol. The van der Waals surface area contributed by atoms with Gasteiger partial charge in [-0.3, -0.25) is 0 Å². The van der Waals surface area contributed by atoms with Gasteiger partial charge in [0.15, 0.2) is 5.65 Å². The van der Waals surface area contributed by atoms with Crippen LogP contribution in [0.15, 0.2) is 18.2 Å². The fourth-order valence-electron chi connectivity index (χ4n) is 3.94. The first-order chi connectivity index (χ1) is 15.0. The molecule has 0 spiro atoms. The van der Waals surface area contributed by atoms with Crippen molar-refractivity contribution in [3.8, 4) is 16.9 Å². The highest BCUT2D eigenvalue weighted by atomic mass is 35.5. The molecule has 0 atom stereocenters. The third-order valence-corrected chi connectivity index (χ3v) is 6.08. The Labute approximate surface area is 204 Å². The van der Waals surface area contributed by atoms with Crippen LogP contribution in [0.4, 0.5) is 5.82 Å². The Balaban J connectivity index is 0.00000289. The molecule has 1 fully saturated rings. The van der Waals surface area contributed by atoms with Gasteiger partial charge < -0.3 is 20.1 Å². The molecule has 1 aliphatic heterocycles. The van der Waals surface area contributed by atoms with Gasteiger partial charge in [0.05, 0.1) is 28.4 Å². The molecular formula is C22H28Cl3N5O2. The fourth-order valence-corrected chi connectivity index (χ4v) is 4.59. The Bertz CT molecular complexity index is 1060. The van der Waals surface area contributed by atoms with Crippen molar-refractivity contribution in [1.82, 2.24) is 19.9 Å². The molecule has 1 aliphatic rings. The number of aromatic nitrogens is 3. The number of methoxy groups -OCH3 is 1. The minimum atomic E-state index is 0. The molecule has 4 rings (SSSR count). The number of nitrogens with zero attached hydrogens (tertiary/aromatic N) is 3. The van der Waals surface area contributed by atoms with E-state index in [1.807, 2.05) is 24.4 Å². The van der Waals surface area contributed by atoms with Crippen molar-refractivity contribution in [2.45, 2.75) is 32.7 Å². The van der Waals surface area contributed by atoms with Crippen LogP contribution >= 0.6 is 35.6 Å². The van der Waals surface area contributed by atoms with E-state index in [1.165, 1.54) is 0 Å². The minimum Gasteiger partial charge on any atom is -0.497 e. The van der Waals surface area contributed by atoms with Gasteiger partial charge in [-0.25, -0.2) is 4.98 Å². The number of halogens is 3. The molecule has 0 radical (unpaired) electrons. The summed E-state index contributed by atoms with van der Waals surface area (Å²) < 4.78 is 12.5. The second-order valence-corrected chi connectivity index (χ2v) is 8.53. The number of ether oxygens (including phenoxy) is 2. The average molecular weight is 501 g/mol. The smallest absolute Gasteiger partial charge is 0.165 e. The van der Waals surface area contributed by atoms with Gasteiger partial charge in [-0.2, -0.15) is 9.61 Å². The SMILES string of the molecule is COc1cc(Cl)c(-c2c(C)nn3c(NCCNC4CCOCC4)cc(C)nc23)c(Cl)c1.Cl. The Morgan fingerprint density at radius 3 is 2.44 bits per heavy atom. The number of benzene rings is 1. The molecule has 1 saturated heterocycles. The summed E-state index contributed by atoms with van der Waals surface area (Å²) in [5.41, 5.74) is 3.93. The van der Waals surface area contributed by atoms with Crippen LogP contribution in [0.25, 0.3) is 16.8 Å². The largest absolute Gasteiger partial charge is 0.497 e. The number of rotatable bonds is 7. The van der Waals surface area contributed by atoms with Crippen molar-refractivity contribution in [3.05, 3.63) is 39.6 Å². The third-order valence-electron chi connectivity index (χ3n) is 5.48. The maximum absolute atomic E-state index is 6.57. The van der Waals surface area contributed by atoms with Crippen LogP contribution in [0.3, 0.4) is 0 Å². The van der Waals surface area contributed by atoms with E-state index in [1.54, 1.807) is 19.2 Å². The maximum Gasteiger partial charge on any atom is 0.165 e. The normalized spacial score (nSPS) is 14.4. The van der Waals surface area contributed by atoms with Crippen LogP contribution in [-0.2, 0) is 4.74 Å². The number of anilines is 1. The van der Waals surface area contributed by atoms with Crippen LogP contribution in [-0.4, -0.2) is 54.1 Å². The topological polar surface area (TPSA) is 72.7 Å². The van der Waals surface area contributed by atoms with Gasteiger partial charge in [0.1, 0.15) is 11.6 Å². The van der Waals surface area contributed by atoms with Crippen molar-refractivity contribution in [1.29, 1.82) is 0 Å². The molecule has 0 bridgehead atoms.